The van der Waals surface area contributed by atoms with Gasteiger partial charge in [0.25, 0.3) is 0 Å². The molecule has 0 saturated heterocycles. The van der Waals surface area contributed by atoms with Gasteiger partial charge in [0, 0.05) is 12.6 Å². The largest absolute Gasteiger partial charge is 0.374 e. The van der Waals surface area contributed by atoms with E-state index >= 15 is 0 Å². The third kappa shape index (κ3) is 6.69. The highest BCUT2D eigenvalue weighted by atomic mass is 16.5. The summed E-state index contributed by atoms with van der Waals surface area (Å²) in [5.41, 5.74) is 6.55. The van der Waals surface area contributed by atoms with E-state index in [-0.39, 0.29) is 11.6 Å². The molecule has 0 aromatic rings. The van der Waals surface area contributed by atoms with Gasteiger partial charge in [-0.15, -0.1) is 0 Å². The van der Waals surface area contributed by atoms with Crippen molar-refractivity contribution in [1.82, 2.24) is 0 Å². The molecule has 1 aliphatic rings. The number of hydrogen-bond donors (Lipinski definition) is 1. The van der Waals surface area contributed by atoms with Gasteiger partial charge in [-0.3, -0.25) is 0 Å². The number of ether oxygens (including phenoxy) is 1. The molecule has 2 N–H and O–H groups in total. The van der Waals surface area contributed by atoms with Crippen LogP contribution < -0.4 is 5.73 Å². The van der Waals surface area contributed by atoms with Gasteiger partial charge in [0.15, 0.2) is 0 Å². The Bertz CT molecular complexity index is 252. The highest BCUT2D eigenvalue weighted by Gasteiger charge is 2.40. The second-order valence-electron chi connectivity index (χ2n) is 7.22. The van der Waals surface area contributed by atoms with E-state index in [0.29, 0.717) is 0 Å². The Hall–Kier alpha value is -0.0800. The van der Waals surface area contributed by atoms with Crippen molar-refractivity contribution in [1.29, 1.82) is 0 Å². The Morgan fingerprint density at radius 2 is 1.76 bits per heavy atom. The lowest BCUT2D eigenvalue weighted by Gasteiger charge is -2.44. The minimum atomic E-state index is -0.0192. The van der Waals surface area contributed by atoms with Gasteiger partial charge in [0.2, 0.25) is 0 Å². The minimum Gasteiger partial charge on any atom is -0.374 e. The average Bonchev–Trinajstić information content (AvgIpc) is 2.46. The summed E-state index contributed by atoms with van der Waals surface area (Å²) in [6.07, 6.45) is 15.6. The number of rotatable bonds is 11. The van der Waals surface area contributed by atoms with Crippen LogP contribution in [0.25, 0.3) is 0 Å². The van der Waals surface area contributed by atoms with Crippen LogP contribution >= 0.6 is 0 Å². The molecule has 1 saturated carbocycles. The van der Waals surface area contributed by atoms with Crippen molar-refractivity contribution in [3.8, 4) is 0 Å². The summed E-state index contributed by atoms with van der Waals surface area (Å²) in [4.78, 5) is 0. The first-order valence-electron chi connectivity index (χ1n) is 9.54. The monoisotopic (exact) mass is 297 g/mol. The summed E-state index contributed by atoms with van der Waals surface area (Å²) in [6, 6.07) is 0.232. The van der Waals surface area contributed by atoms with E-state index in [1.54, 1.807) is 0 Å². The van der Waals surface area contributed by atoms with Gasteiger partial charge in [-0.05, 0) is 32.1 Å². The Morgan fingerprint density at radius 1 is 1.10 bits per heavy atom. The van der Waals surface area contributed by atoms with Crippen molar-refractivity contribution >= 4 is 0 Å². The van der Waals surface area contributed by atoms with Gasteiger partial charge in [-0.2, -0.15) is 0 Å². The van der Waals surface area contributed by atoms with Gasteiger partial charge < -0.3 is 10.5 Å². The zero-order chi connectivity index (χ0) is 15.6. The molecule has 21 heavy (non-hydrogen) atoms. The molecule has 0 spiro atoms. The molecule has 126 valence electrons. The molecule has 0 aliphatic heterocycles. The zero-order valence-corrected chi connectivity index (χ0v) is 14.8. The van der Waals surface area contributed by atoms with Crippen molar-refractivity contribution in [3.63, 3.8) is 0 Å². The second kappa shape index (κ2) is 10.6. The number of unbranched alkanes of at least 4 members (excludes halogenated alkanes) is 6. The summed E-state index contributed by atoms with van der Waals surface area (Å²) in [7, 11) is 0. The molecule has 0 radical (unpaired) electrons. The van der Waals surface area contributed by atoms with E-state index in [4.69, 9.17) is 10.5 Å². The fourth-order valence-electron chi connectivity index (χ4n) is 3.99. The van der Waals surface area contributed by atoms with Crippen LogP contribution in [0.5, 0.6) is 0 Å². The molecule has 0 aromatic heterocycles. The molecule has 1 fully saturated rings. The molecule has 0 bridgehead atoms. The van der Waals surface area contributed by atoms with Crippen molar-refractivity contribution in [3.05, 3.63) is 0 Å². The first kappa shape index (κ1) is 19.0. The molecule has 3 unspecified atom stereocenters. The van der Waals surface area contributed by atoms with E-state index < -0.39 is 0 Å². The van der Waals surface area contributed by atoms with Crippen LogP contribution in [0.15, 0.2) is 0 Å². The predicted octanol–water partition coefficient (Wildman–Crippen LogP) is 5.44. The first-order valence-corrected chi connectivity index (χ1v) is 9.54. The summed E-state index contributed by atoms with van der Waals surface area (Å²) >= 11 is 0. The molecule has 2 nitrogen and oxygen atoms in total. The number of nitrogens with two attached hydrogens (primary N) is 1. The van der Waals surface area contributed by atoms with E-state index in [1.165, 1.54) is 70.6 Å². The summed E-state index contributed by atoms with van der Waals surface area (Å²) in [5, 5.41) is 0. The van der Waals surface area contributed by atoms with E-state index in [1.807, 2.05) is 0 Å². The third-order valence-electron chi connectivity index (χ3n) is 5.22. The van der Waals surface area contributed by atoms with Crippen LogP contribution in [-0.2, 0) is 4.74 Å². The van der Waals surface area contributed by atoms with Crippen LogP contribution in [0.3, 0.4) is 0 Å². The maximum Gasteiger partial charge on any atom is 0.0835 e. The minimum absolute atomic E-state index is 0.0192. The van der Waals surface area contributed by atoms with Gasteiger partial charge in [0.1, 0.15) is 0 Å². The summed E-state index contributed by atoms with van der Waals surface area (Å²) in [6.45, 7) is 7.55. The molecule has 0 amide bonds. The summed E-state index contributed by atoms with van der Waals surface area (Å²) in [5.74, 6) is 0.769. The molecule has 3 atom stereocenters. The predicted molar refractivity (Wildman–Crippen MR) is 92.6 cm³/mol. The van der Waals surface area contributed by atoms with Gasteiger partial charge in [-0.25, -0.2) is 0 Å². The third-order valence-corrected chi connectivity index (χ3v) is 5.22. The van der Waals surface area contributed by atoms with Crippen molar-refractivity contribution < 1.29 is 4.74 Å². The van der Waals surface area contributed by atoms with Crippen LogP contribution in [0, 0.1) is 5.92 Å². The second-order valence-corrected chi connectivity index (χ2v) is 7.22. The summed E-state index contributed by atoms with van der Waals surface area (Å²) < 4.78 is 6.19. The molecule has 2 heteroatoms. The zero-order valence-electron chi connectivity index (χ0n) is 14.8. The lowest BCUT2D eigenvalue weighted by atomic mass is 9.73. The Kier molecular flexibility index (Phi) is 9.59. The fraction of sp³-hybridized carbons (Fsp3) is 1.00. The van der Waals surface area contributed by atoms with Gasteiger partial charge in [0.05, 0.1) is 5.60 Å². The molecule has 0 aromatic carbocycles. The lowest BCUT2D eigenvalue weighted by molar-refractivity contribution is -0.0943. The quantitative estimate of drug-likeness (QED) is 0.515. The van der Waals surface area contributed by atoms with E-state index in [2.05, 4.69) is 20.8 Å². The molecular formula is C19H39NO. The molecule has 1 rings (SSSR count). The SMILES string of the molecule is CCCCCCCCCC(N)C1(OCC)CCCC(C)C1. The smallest absolute Gasteiger partial charge is 0.0835 e. The first-order chi connectivity index (χ1) is 10.1. The molecular weight excluding hydrogens is 258 g/mol. The van der Waals surface area contributed by atoms with Crippen molar-refractivity contribution in [2.45, 2.75) is 109 Å². The average molecular weight is 298 g/mol. The molecule has 1 aliphatic carbocycles. The molecule has 0 heterocycles. The van der Waals surface area contributed by atoms with Crippen LogP contribution in [-0.4, -0.2) is 18.2 Å². The van der Waals surface area contributed by atoms with E-state index in [9.17, 15) is 0 Å². The fourth-order valence-corrected chi connectivity index (χ4v) is 3.99. The Balaban J connectivity index is 2.28. The van der Waals surface area contributed by atoms with Gasteiger partial charge in [-0.1, -0.05) is 71.6 Å². The van der Waals surface area contributed by atoms with Gasteiger partial charge >= 0.3 is 0 Å². The standard InChI is InChI=1S/C19H39NO/c1-4-6-7-8-9-10-11-14-18(20)19(21-5-2)15-12-13-17(3)16-19/h17-18H,4-16,20H2,1-3H3. The Labute approximate surface area is 133 Å². The van der Waals surface area contributed by atoms with Crippen molar-refractivity contribution in [2.75, 3.05) is 6.61 Å². The maximum atomic E-state index is 6.57. The lowest BCUT2D eigenvalue weighted by Crippen LogP contribution is -2.52. The van der Waals surface area contributed by atoms with Crippen LogP contribution in [0.4, 0.5) is 0 Å². The Morgan fingerprint density at radius 3 is 2.38 bits per heavy atom. The van der Waals surface area contributed by atoms with Crippen LogP contribution in [0.1, 0.15) is 97.8 Å². The van der Waals surface area contributed by atoms with Crippen molar-refractivity contribution in [2.24, 2.45) is 11.7 Å². The van der Waals surface area contributed by atoms with Crippen LogP contribution in [0.2, 0.25) is 0 Å². The highest BCUT2D eigenvalue weighted by molar-refractivity contribution is 4.95. The normalized spacial score (nSPS) is 27.7. The highest BCUT2D eigenvalue weighted by Crippen LogP contribution is 2.38. The van der Waals surface area contributed by atoms with E-state index in [0.717, 1.165) is 18.9 Å². The maximum absolute atomic E-state index is 6.57. The number of hydrogen-bond acceptors (Lipinski definition) is 2. The topological polar surface area (TPSA) is 35.2 Å².